The zero-order chi connectivity index (χ0) is 13.7. The quantitative estimate of drug-likeness (QED) is 0.222. The molecule has 9 nitrogen and oxygen atoms in total. The Morgan fingerprint density at radius 3 is 1.59 bits per heavy atom. The van der Waals surface area contributed by atoms with Crippen molar-refractivity contribution in [3.05, 3.63) is 0 Å². The molecule has 6 atom stereocenters. The van der Waals surface area contributed by atoms with Crippen molar-refractivity contribution in [1.29, 1.82) is 0 Å². The first-order chi connectivity index (χ1) is 7.73. The fourth-order valence-corrected chi connectivity index (χ4v) is 1.07. The Morgan fingerprint density at radius 1 is 0.824 bits per heavy atom. The van der Waals surface area contributed by atoms with E-state index in [0.717, 1.165) is 0 Å². The highest BCUT2D eigenvalue weighted by atomic mass is 16.4. The van der Waals surface area contributed by atoms with Gasteiger partial charge >= 0.3 is 5.97 Å². The number of hydrogen-bond acceptors (Lipinski definition) is 8. The Morgan fingerprint density at radius 2 is 1.24 bits per heavy atom. The van der Waals surface area contributed by atoms with Gasteiger partial charge in [-0.2, -0.15) is 0 Å². The minimum Gasteiger partial charge on any atom is -0.479 e. The van der Waals surface area contributed by atoms with Crippen LogP contribution in [0.2, 0.25) is 0 Å². The number of carboxylic acid groups (broad SMARTS) is 1. The van der Waals surface area contributed by atoms with Crippen LogP contribution in [0.15, 0.2) is 0 Å². The molecule has 9 heteroatoms. The van der Waals surface area contributed by atoms with E-state index in [0.29, 0.717) is 0 Å². The van der Waals surface area contributed by atoms with Crippen LogP contribution in [0, 0.1) is 0 Å². The predicted molar refractivity (Wildman–Crippen MR) is 50.8 cm³/mol. The van der Waals surface area contributed by atoms with Crippen LogP contribution in [0.1, 0.15) is 0 Å². The summed E-state index contributed by atoms with van der Waals surface area (Å²) in [7, 11) is 0. The van der Waals surface area contributed by atoms with E-state index in [2.05, 4.69) is 0 Å². The fraction of sp³-hybridized carbons (Fsp3) is 0.875. The molecule has 8 N–H and O–H groups in total. The molecule has 0 aliphatic carbocycles. The van der Waals surface area contributed by atoms with Crippen LogP contribution in [-0.2, 0) is 4.79 Å². The number of aliphatic hydroxyl groups is 7. The van der Waals surface area contributed by atoms with Gasteiger partial charge in [-0.15, -0.1) is 0 Å². The van der Waals surface area contributed by atoms with E-state index in [-0.39, 0.29) is 0 Å². The van der Waals surface area contributed by atoms with Gasteiger partial charge in [-0.25, -0.2) is 4.79 Å². The summed E-state index contributed by atoms with van der Waals surface area (Å²) in [6.07, 6.45) is -12.8. The standard InChI is InChI=1S/C8H16O9/c9-1-2(10)3(11)4(12)5(13)6(14)7(15)8(16)17/h2-7,9-15H,1H2,(H,16,17)/t2-,3+,4+,5+,6-,7+/m1/s1. The van der Waals surface area contributed by atoms with E-state index in [1.54, 1.807) is 0 Å². The van der Waals surface area contributed by atoms with E-state index in [9.17, 15) is 15.0 Å². The zero-order valence-corrected chi connectivity index (χ0v) is 8.66. The highest BCUT2D eigenvalue weighted by Crippen LogP contribution is 2.11. The Balaban J connectivity index is 4.58. The molecule has 0 rings (SSSR count). The van der Waals surface area contributed by atoms with E-state index in [1.165, 1.54) is 0 Å². The van der Waals surface area contributed by atoms with Crippen LogP contribution < -0.4 is 0 Å². The van der Waals surface area contributed by atoms with Crippen LogP contribution >= 0.6 is 0 Å². The highest BCUT2D eigenvalue weighted by Gasteiger charge is 2.39. The normalized spacial score (nSPS) is 22.3. The van der Waals surface area contributed by atoms with Crippen molar-refractivity contribution in [3.8, 4) is 0 Å². The van der Waals surface area contributed by atoms with Crippen molar-refractivity contribution in [2.45, 2.75) is 36.6 Å². The number of aliphatic carboxylic acids is 1. The Labute approximate surface area is 95.8 Å². The molecule has 0 aliphatic rings. The molecule has 0 aromatic carbocycles. The maximum Gasteiger partial charge on any atom is 0.335 e. The number of carboxylic acids is 1. The highest BCUT2D eigenvalue weighted by molar-refractivity contribution is 5.72. The fourth-order valence-electron chi connectivity index (χ4n) is 1.07. The maximum absolute atomic E-state index is 10.3. The molecule has 0 aromatic rings. The van der Waals surface area contributed by atoms with Gasteiger partial charge in [0.25, 0.3) is 0 Å². The first-order valence-electron chi connectivity index (χ1n) is 4.66. The lowest BCUT2D eigenvalue weighted by molar-refractivity contribution is -0.175. The Bertz CT molecular complexity index is 245. The van der Waals surface area contributed by atoms with Gasteiger partial charge in [-0.1, -0.05) is 0 Å². The molecule has 0 saturated heterocycles. The maximum atomic E-state index is 10.3. The summed E-state index contributed by atoms with van der Waals surface area (Å²) in [4.78, 5) is 10.3. The van der Waals surface area contributed by atoms with E-state index in [4.69, 9.17) is 30.6 Å². The molecule has 0 saturated carbocycles. The molecule has 0 radical (unpaired) electrons. The van der Waals surface area contributed by atoms with Gasteiger partial charge in [0.2, 0.25) is 0 Å². The topological polar surface area (TPSA) is 179 Å². The van der Waals surface area contributed by atoms with E-state index in [1.807, 2.05) is 0 Å². The molecular weight excluding hydrogens is 240 g/mol. The third-order valence-corrected chi connectivity index (χ3v) is 2.21. The van der Waals surface area contributed by atoms with Crippen LogP contribution in [0.5, 0.6) is 0 Å². The predicted octanol–water partition coefficient (Wildman–Crippen LogP) is -4.77. The summed E-state index contributed by atoms with van der Waals surface area (Å²) in [5, 5.41) is 71.4. The van der Waals surface area contributed by atoms with Crippen molar-refractivity contribution in [3.63, 3.8) is 0 Å². The van der Waals surface area contributed by atoms with Gasteiger partial charge in [-0.3, -0.25) is 0 Å². The van der Waals surface area contributed by atoms with Gasteiger partial charge in [0.05, 0.1) is 6.61 Å². The second kappa shape index (κ2) is 6.81. The van der Waals surface area contributed by atoms with Crippen molar-refractivity contribution in [2.75, 3.05) is 6.61 Å². The summed E-state index contributed by atoms with van der Waals surface area (Å²) in [5.74, 6) is -1.83. The van der Waals surface area contributed by atoms with E-state index >= 15 is 0 Å². The molecule has 0 heterocycles. The van der Waals surface area contributed by atoms with Gasteiger partial charge < -0.3 is 40.9 Å². The van der Waals surface area contributed by atoms with Gasteiger partial charge in [0.1, 0.15) is 30.5 Å². The van der Waals surface area contributed by atoms with E-state index < -0.39 is 49.2 Å². The zero-order valence-electron chi connectivity index (χ0n) is 8.66. The monoisotopic (exact) mass is 256 g/mol. The average molecular weight is 256 g/mol. The SMILES string of the molecule is O=C(O)[C@@H](O)[C@H](O)[C@@H](O)[C@@H](O)[C@@H](O)[C@H](O)CO. The lowest BCUT2D eigenvalue weighted by atomic mass is 9.96. The number of aliphatic hydroxyl groups excluding tert-OH is 7. The summed E-state index contributed by atoms with van der Waals surface area (Å²) in [5.41, 5.74) is 0. The van der Waals surface area contributed by atoms with Gasteiger partial charge in [0, 0.05) is 0 Å². The first kappa shape index (κ1) is 16.2. The lowest BCUT2D eigenvalue weighted by Gasteiger charge is -2.29. The molecule has 0 unspecified atom stereocenters. The summed E-state index contributed by atoms with van der Waals surface area (Å²) < 4.78 is 0. The third-order valence-electron chi connectivity index (χ3n) is 2.21. The van der Waals surface area contributed by atoms with Crippen molar-refractivity contribution >= 4 is 5.97 Å². The molecule has 0 bridgehead atoms. The Hall–Kier alpha value is -0.810. The molecule has 0 amide bonds. The molecule has 102 valence electrons. The molecule has 0 spiro atoms. The number of hydrogen-bond donors (Lipinski definition) is 8. The van der Waals surface area contributed by atoms with Crippen LogP contribution in [0.3, 0.4) is 0 Å². The first-order valence-corrected chi connectivity index (χ1v) is 4.66. The van der Waals surface area contributed by atoms with Crippen LogP contribution in [-0.4, -0.2) is 90.1 Å². The lowest BCUT2D eigenvalue weighted by Crippen LogP contribution is -2.54. The largest absolute Gasteiger partial charge is 0.479 e. The minimum atomic E-state index is -2.36. The minimum absolute atomic E-state index is 0.914. The summed E-state index contributed by atoms with van der Waals surface area (Å²) in [6, 6.07) is 0. The van der Waals surface area contributed by atoms with Crippen molar-refractivity contribution in [2.24, 2.45) is 0 Å². The molecule has 0 aliphatic heterocycles. The smallest absolute Gasteiger partial charge is 0.335 e. The average Bonchev–Trinajstić information content (AvgIpc) is 2.32. The third kappa shape index (κ3) is 4.16. The number of rotatable bonds is 7. The Kier molecular flexibility index (Phi) is 6.49. The van der Waals surface area contributed by atoms with Crippen LogP contribution in [0.25, 0.3) is 0 Å². The van der Waals surface area contributed by atoms with Crippen molar-refractivity contribution < 1.29 is 45.6 Å². The molecular formula is C8H16O9. The second-order valence-corrected chi connectivity index (χ2v) is 3.50. The molecule has 0 aromatic heterocycles. The molecule has 0 fully saturated rings. The summed E-state index contributed by atoms with van der Waals surface area (Å²) in [6.45, 7) is -0.914. The number of carbonyl (C=O) groups is 1. The van der Waals surface area contributed by atoms with Crippen molar-refractivity contribution in [1.82, 2.24) is 0 Å². The van der Waals surface area contributed by atoms with Gasteiger partial charge in [0.15, 0.2) is 6.10 Å². The van der Waals surface area contributed by atoms with Gasteiger partial charge in [-0.05, 0) is 0 Å². The molecule has 17 heavy (non-hydrogen) atoms. The second-order valence-electron chi connectivity index (χ2n) is 3.50. The summed E-state index contributed by atoms with van der Waals surface area (Å²) >= 11 is 0. The van der Waals surface area contributed by atoms with Crippen LogP contribution in [0.4, 0.5) is 0 Å².